The molecule has 2 aromatic heterocycles. The summed E-state index contributed by atoms with van der Waals surface area (Å²) in [4.78, 5) is 4.48. The van der Waals surface area contributed by atoms with E-state index >= 15 is 0 Å². The third kappa shape index (κ3) is 1.48. The Kier molecular flexibility index (Phi) is 2.00. The topological polar surface area (TPSA) is 30.2 Å². The Labute approximate surface area is 89.2 Å². The van der Waals surface area contributed by atoms with Crippen LogP contribution in [-0.2, 0) is 5.41 Å². The molecule has 0 saturated carbocycles. The SMILES string of the molecule is CC(C)(C)c1cc(Cl)n2nccc2n1.[HH]. The summed E-state index contributed by atoms with van der Waals surface area (Å²) in [6.07, 6.45) is 1.70. The van der Waals surface area contributed by atoms with E-state index < -0.39 is 0 Å². The first-order valence-corrected chi connectivity index (χ1v) is 4.87. The van der Waals surface area contributed by atoms with Crippen molar-refractivity contribution in [3.05, 3.63) is 29.2 Å². The third-order valence-corrected chi connectivity index (χ3v) is 2.35. The van der Waals surface area contributed by atoms with Gasteiger partial charge in [0.25, 0.3) is 0 Å². The third-order valence-electron chi connectivity index (χ3n) is 2.08. The van der Waals surface area contributed by atoms with Gasteiger partial charge in [-0.1, -0.05) is 32.4 Å². The van der Waals surface area contributed by atoms with Gasteiger partial charge in [0, 0.05) is 12.9 Å². The Balaban J connectivity index is 0.00000112. The number of rotatable bonds is 0. The van der Waals surface area contributed by atoms with Crippen molar-refractivity contribution in [2.75, 3.05) is 0 Å². The van der Waals surface area contributed by atoms with Crippen LogP contribution in [0, 0.1) is 0 Å². The Hall–Kier alpha value is -1.09. The molecule has 0 aliphatic rings. The number of hydrogen-bond donors (Lipinski definition) is 0. The van der Waals surface area contributed by atoms with Crippen molar-refractivity contribution >= 4 is 17.2 Å². The van der Waals surface area contributed by atoms with E-state index in [1.165, 1.54) is 0 Å². The van der Waals surface area contributed by atoms with E-state index in [4.69, 9.17) is 11.6 Å². The predicted octanol–water partition coefficient (Wildman–Crippen LogP) is 2.93. The van der Waals surface area contributed by atoms with Gasteiger partial charge in [-0.05, 0) is 6.07 Å². The van der Waals surface area contributed by atoms with Crippen LogP contribution in [0.3, 0.4) is 0 Å². The highest BCUT2D eigenvalue weighted by molar-refractivity contribution is 6.29. The van der Waals surface area contributed by atoms with Crippen LogP contribution in [0.25, 0.3) is 5.65 Å². The highest BCUT2D eigenvalue weighted by atomic mass is 35.5. The number of halogens is 1. The molecule has 0 saturated heterocycles. The Morgan fingerprint density at radius 2 is 2.14 bits per heavy atom. The minimum Gasteiger partial charge on any atom is -0.233 e. The van der Waals surface area contributed by atoms with Crippen molar-refractivity contribution in [1.29, 1.82) is 0 Å². The molecule has 76 valence electrons. The minimum atomic E-state index is 0. The van der Waals surface area contributed by atoms with Gasteiger partial charge < -0.3 is 0 Å². The van der Waals surface area contributed by atoms with Gasteiger partial charge in [0.2, 0.25) is 0 Å². The largest absolute Gasteiger partial charge is 0.233 e. The van der Waals surface area contributed by atoms with Crippen LogP contribution in [-0.4, -0.2) is 14.6 Å². The van der Waals surface area contributed by atoms with Crippen LogP contribution in [0.4, 0.5) is 0 Å². The van der Waals surface area contributed by atoms with Gasteiger partial charge in [0.1, 0.15) is 5.15 Å². The highest BCUT2D eigenvalue weighted by Crippen LogP contribution is 2.23. The van der Waals surface area contributed by atoms with E-state index in [-0.39, 0.29) is 6.84 Å². The van der Waals surface area contributed by atoms with E-state index in [1.54, 1.807) is 10.7 Å². The molecule has 2 aromatic rings. The van der Waals surface area contributed by atoms with Crippen LogP contribution < -0.4 is 0 Å². The lowest BCUT2D eigenvalue weighted by Crippen LogP contribution is -2.14. The molecule has 0 N–H and O–H groups in total. The zero-order valence-electron chi connectivity index (χ0n) is 8.45. The summed E-state index contributed by atoms with van der Waals surface area (Å²) in [5.74, 6) is 0. The summed E-state index contributed by atoms with van der Waals surface area (Å²) < 4.78 is 1.62. The van der Waals surface area contributed by atoms with Crippen LogP contribution in [0.5, 0.6) is 0 Å². The van der Waals surface area contributed by atoms with E-state index in [9.17, 15) is 0 Å². The molecule has 0 aromatic carbocycles. The zero-order chi connectivity index (χ0) is 10.3. The molecule has 14 heavy (non-hydrogen) atoms. The van der Waals surface area contributed by atoms with Gasteiger partial charge in [0.15, 0.2) is 5.65 Å². The normalized spacial score (nSPS) is 12.3. The lowest BCUT2D eigenvalue weighted by atomic mass is 9.92. The van der Waals surface area contributed by atoms with E-state index in [0.29, 0.717) is 5.15 Å². The number of hydrogen-bond acceptors (Lipinski definition) is 2. The first kappa shape index (κ1) is 9.46. The van der Waals surface area contributed by atoms with Gasteiger partial charge in [-0.25, -0.2) is 9.50 Å². The van der Waals surface area contributed by atoms with Gasteiger partial charge in [-0.3, -0.25) is 0 Å². The van der Waals surface area contributed by atoms with Crippen LogP contribution in [0.15, 0.2) is 18.3 Å². The Morgan fingerprint density at radius 3 is 2.79 bits per heavy atom. The summed E-state index contributed by atoms with van der Waals surface area (Å²) in [6.45, 7) is 6.33. The molecular formula is C10H14ClN3. The molecule has 3 nitrogen and oxygen atoms in total. The first-order valence-electron chi connectivity index (χ1n) is 4.49. The molecule has 0 bridgehead atoms. The summed E-state index contributed by atoms with van der Waals surface area (Å²) >= 11 is 6.07. The summed E-state index contributed by atoms with van der Waals surface area (Å²) in [5, 5.41) is 4.67. The van der Waals surface area contributed by atoms with Crippen molar-refractivity contribution in [2.24, 2.45) is 0 Å². The molecule has 0 aliphatic carbocycles. The molecule has 0 radical (unpaired) electrons. The standard InChI is InChI=1S/C10H12ClN3.H2/c1-10(2,3)7-6-8(11)14-9(13-7)4-5-12-14;/h4-6H,1-3H3;1H. The maximum absolute atomic E-state index is 6.07. The second-order valence-corrected chi connectivity index (χ2v) is 4.70. The highest BCUT2D eigenvalue weighted by Gasteiger charge is 2.17. The average Bonchev–Trinajstić information content (AvgIpc) is 2.50. The first-order chi connectivity index (χ1) is 6.48. The fraction of sp³-hybridized carbons (Fsp3) is 0.400. The van der Waals surface area contributed by atoms with Gasteiger partial charge in [-0.15, -0.1) is 0 Å². The summed E-state index contributed by atoms with van der Waals surface area (Å²) in [6, 6.07) is 3.71. The van der Waals surface area contributed by atoms with Crippen molar-refractivity contribution < 1.29 is 1.43 Å². The zero-order valence-corrected chi connectivity index (χ0v) is 9.21. The molecular weight excluding hydrogens is 198 g/mol. The summed E-state index contributed by atoms with van der Waals surface area (Å²) in [7, 11) is 0. The quantitative estimate of drug-likeness (QED) is 0.628. The van der Waals surface area contributed by atoms with Gasteiger partial charge >= 0.3 is 0 Å². The molecule has 0 fully saturated rings. The molecule has 2 heterocycles. The average molecular weight is 212 g/mol. The molecule has 0 aliphatic heterocycles. The predicted molar refractivity (Wildman–Crippen MR) is 58.8 cm³/mol. The van der Waals surface area contributed by atoms with Crippen molar-refractivity contribution in [3.8, 4) is 0 Å². The number of nitrogens with zero attached hydrogens (tertiary/aromatic N) is 3. The molecule has 4 heteroatoms. The second kappa shape index (κ2) is 2.95. The van der Waals surface area contributed by atoms with Crippen molar-refractivity contribution in [3.63, 3.8) is 0 Å². The van der Waals surface area contributed by atoms with E-state index in [1.807, 2.05) is 12.1 Å². The molecule has 0 spiro atoms. The molecule has 0 atom stereocenters. The van der Waals surface area contributed by atoms with Gasteiger partial charge in [0.05, 0.1) is 11.9 Å². The maximum atomic E-state index is 6.07. The fourth-order valence-corrected chi connectivity index (χ4v) is 1.49. The second-order valence-electron chi connectivity index (χ2n) is 4.32. The van der Waals surface area contributed by atoms with Crippen LogP contribution in [0.1, 0.15) is 27.9 Å². The molecule has 0 unspecified atom stereocenters. The lowest BCUT2D eigenvalue weighted by Gasteiger charge is -2.17. The summed E-state index contributed by atoms with van der Waals surface area (Å²) in [5.41, 5.74) is 1.79. The Morgan fingerprint density at radius 1 is 1.43 bits per heavy atom. The lowest BCUT2D eigenvalue weighted by molar-refractivity contribution is 0.568. The number of aromatic nitrogens is 3. The monoisotopic (exact) mass is 211 g/mol. The molecule has 2 rings (SSSR count). The Bertz CT molecular complexity index is 473. The van der Waals surface area contributed by atoms with Crippen LogP contribution >= 0.6 is 11.6 Å². The van der Waals surface area contributed by atoms with Crippen molar-refractivity contribution in [1.82, 2.24) is 14.6 Å². The number of fused-ring (bicyclic) bond motifs is 1. The van der Waals surface area contributed by atoms with Crippen LogP contribution in [0.2, 0.25) is 5.15 Å². The van der Waals surface area contributed by atoms with E-state index in [2.05, 4.69) is 30.9 Å². The van der Waals surface area contributed by atoms with Gasteiger partial charge in [-0.2, -0.15) is 5.10 Å². The molecule has 0 amide bonds. The maximum Gasteiger partial charge on any atom is 0.156 e. The fourth-order valence-electron chi connectivity index (χ4n) is 1.26. The van der Waals surface area contributed by atoms with E-state index in [0.717, 1.165) is 11.3 Å². The smallest absolute Gasteiger partial charge is 0.156 e. The minimum absolute atomic E-state index is 0. The van der Waals surface area contributed by atoms with Crippen molar-refractivity contribution in [2.45, 2.75) is 26.2 Å².